The lowest BCUT2D eigenvalue weighted by atomic mass is 9.93. The molecule has 0 bridgehead atoms. The normalized spacial score (nSPS) is 20.5. The molecule has 2 saturated heterocycles. The molecule has 0 radical (unpaired) electrons. The van der Waals surface area contributed by atoms with Gasteiger partial charge in [-0.15, -0.1) is 0 Å². The highest BCUT2D eigenvalue weighted by Gasteiger charge is 2.28. The van der Waals surface area contributed by atoms with Crippen LogP contribution in [0.5, 0.6) is 0 Å². The molecular weight excluding hydrogens is 512 g/mol. The first-order valence-corrected chi connectivity index (χ1v) is 14.7. The van der Waals surface area contributed by atoms with E-state index < -0.39 is 5.60 Å². The van der Waals surface area contributed by atoms with Crippen molar-refractivity contribution in [3.8, 4) is 6.07 Å². The Kier molecular flexibility index (Phi) is 8.37. The molecule has 1 unspecified atom stereocenters. The summed E-state index contributed by atoms with van der Waals surface area (Å²) in [5.41, 5.74) is 4.51. The van der Waals surface area contributed by atoms with Gasteiger partial charge in [-0.05, 0) is 82.0 Å². The third-order valence-electron chi connectivity index (χ3n) is 8.04. The molecule has 5 rings (SSSR count). The second-order valence-corrected chi connectivity index (χ2v) is 12.5. The number of hydrogen-bond acceptors (Lipinski definition) is 7. The molecule has 2 aliphatic rings. The molecule has 8 heteroatoms. The highest BCUT2D eigenvalue weighted by Crippen LogP contribution is 2.32. The van der Waals surface area contributed by atoms with Crippen LogP contribution in [0, 0.1) is 17.2 Å². The van der Waals surface area contributed by atoms with E-state index in [1.54, 1.807) is 11.1 Å². The van der Waals surface area contributed by atoms with E-state index in [9.17, 15) is 10.1 Å². The van der Waals surface area contributed by atoms with Crippen LogP contribution < -0.4 is 15.1 Å². The van der Waals surface area contributed by atoms with Gasteiger partial charge in [0.25, 0.3) is 0 Å². The van der Waals surface area contributed by atoms with Crippen LogP contribution in [0.25, 0.3) is 10.9 Å². The van der Waals surface area contributed by atoms with Gasteiger partial charge in [0, 0.05) is 74.3 Å². The fourth-order valence-electron chi connectivity index (χ4n) is 6.09. The standard InChI is InChI=1S/C33H42N6O2/c1-23-19-27(22-39(21-23)30-13-10-26(20-34)31-29(30)7-6-14-35-31)36-24(2)25-8-11-28(12-9-25)37-15-17-38(18-16-37)32(40)41-33(3,4)5/h6-14,23-24,27,36H,15-19,21-22H2,1-5H3/t23-,24?,27+/m0/s1. The summed E-state index contributed by atoms with van der Waals surface area (Å²) in [5, 5.41) is 14.5. The molecule has 0 spiro atoms. The number of piperazine rings is 1. The van der Waals surface area contributed by atoms with Gasteiger partial charge in [-0.2, -0.15) is 5.26 Å². The summed E-state index contributed by atoms with van der Waals surface area (Å²) in [6.07, 6.45) is 2.65. The van der Waals surface area contributed by atoms with Gasteiger partial charge >= 0.3 is 6.09 Å². The fraction of sp³-hybridized carbons (Fsp3) is 0.485. The number of aromatic nitrogens is 1. The van der Waals surface area contributed by atoms with E-state index in [4.69, 9.17) is 4.74 Å². The second-order valence-electron chi connectivity index (χ2n) is 12.5. The summed E-state index contributed by atoms with van der Waals surface area (Å²) in [4.78, 5) is 23.5. The number of carbonyl (C=O) groups is 1. The van der Waals surface area contributed by atoms with Crippen LogP contribution in [0.3, 0.4) is 0 Å². The SMILES string of the molecule is CC(N[C@@H]1C[C@H](C)CN(c2ccc(C#N)c3ncccc23)C1)c1ccc(N2CCN(C(=O)OC(C)(C)C)CC2)cc1. The number of nitrogens with one attached hydrogen (secondary N) is 1. The minimum Gasteiger partial charge on any atom is -0.444 e. The fourth-order valence-corrected chi connectivity index (χ4v) is 6.09. The number of nitrogens with zero attached hydrogens (tertiary/aromatic N) is 5. The van der Waals surface area contributed by atoms with Crippen LogP contribution in [-0.2, 0) is 4.74 Å². The van der Waals surface area contributed by atoms with Crippen molar-refractivity contribution >= 4 is 28.4 Å². The molecule has 3 heterocycles. The minimum atomic E-state index is -0.474. The lowest BCUT2D eigenvalue weighted by Crippen LogP contribution is -2.50. The van der Waals surface area contributed by atoms with Crippen molar-refractivity contribution < 1.29 is 9.53 Å². The summed E-state index contributed by atoms with van der Waals surface area (Å²) < 4.78 is 5.53. The van der Waals surface area contributed by atoms with E-state index in [1.807, 2.05) is 32.9 Å². The Morgan fingerprint density at radius 3 is 2.46 bits per heavy atom. The van der Waals surface area contributed by atoms with Gasteiger partial charge < -0.3 is 24.8 Å². The zero-order chi connectivity index (χ0) is 29.1. The Morgan fingerprint density at radius 2 is 1.78 bits per heavy atom. The Morgan fingerprint density at radius 1 is 1.05 bits per heavy atom. The molecule has 1 N–H and O–H groups in total. The summed E-state index contributed by atoms with van der Waals surface area (Å²) in [6.45, 7) is 15.1. The van der Waals surface area contributed by atoms with Gasteiger partial charge in [0.05, 0.1) is 11.1 Å². The lowest BCUT2D eigenvalue weighted by molar-refractivity contribution is 0.0240. The van der Waals surface area contributed by atoms with Crippen LogP contribution in [-0.4, -0.2) is 66.9 Å². The van der Waals surface area contributed by atoms with E-state index in [-0.39, 0.29) is 12.1 Å². The third-order valence-corrected chi connectivity index (χ3v) is 8.04. The number of pyridine rings is 1. The van der Waals surface area contributed by atoms with Gasteiger partial charge in [-0.1, -0.05) is 19.1 Å². The van der Waals surface area contributed by atoms with E-state index in [1.165, 1.54) is 11.3 Å². The number of anilines is 2. The number of ether oxygens (including phenoxy) is 1. The molecule has 2 aromatic carbocycles. The molecule has 216 valence electrons. The van der Waals surface area contributed by atoms with Gasteiger partial charge in [-0.3, -0.25) is 4.98 Å². The Bertz CT molecular complexity index is 1400. The lowest BCUT2D eigenvalue weighted by Gasteiger charge is -2.40. The van der Waals surface area contributed by atoms with Crippen molar-refractivity contribution in [2.24, 2.45) is 5.92 Å². The summed E-state index contributed by atoms with van der Waals surface area (Å²) in [6, 6.07) is 19.7. The zero-order valence-electron chi connectivity index (χ0n) is 24.9. The number of amides is 1. The van der Waals surface area contributed by atoms with Gasteiger partial charge in [0.1, 0.15) is 11.7 Å². The van der Waals surface area contributed by atoms with Crippen molar-refractivity contribution in [3.63, 3.8) is 0 Å². The first-order chi connectivity index (χ1) is 19.6. The highest BCUT2D eigenvalue weighted by atomic mass is 16.6. The average Bonchev–Trinajstić information content (AvgIpc) is 2.95. The number of fused-ring (bicyclic) bond motifs is 1. The van der Waals surface area contributed by atoms with Gasteiger partial charge in [0.15, 0.2) is 0 Å². The Labute approximate surface area is 243 Å². The quantitative estimate of drug-likeness (QED) is 0.431. The summed E-state index contributed by atoms with van der Waals surface area (Å²) in [7, 11) is 0. The van der Waals surface area contributed by atoms with Crippen LogP contribution in [0.15, 0.2) is 54.7 Å². The molecule has 41 heavy (non-hydrogen) atoms. The third kappa shape index (κ3) is 6.74. The monoisotopic (exact) mass is 554 g/mol. The van der Waals surface area contributed by atoms with Crippen LogP contribution in [0.4, 0.5) is 16.2 Å². The summed E-state index contributed by atoms with van der Waals surface area (Å²) in [5.74, 6) is 0.539. The first-order valence-electron chi connectivity index (χ1n) is 14.7. The molecule has 2 aliphatic heterocycles. The number of benzene rings is 2. The Hall–Kier alpha value is -3.83. The number of nitriles is 1. The topological polar surface area (TPSA) is 84.7 Å². The predicted octanol–water partition coefficient (Wildman–Crippen LogP) is 5.73. The molecular formula is C33H42N6O2. The molecule has 1 amide bonds. The van der Waals surface area contributed by atoms with E-state index in [0.29, 0.717) is 30.6 Å². The van der Waals surface area contributed by atoms with Crippen molar-refractivity contribution in [1.82, 2.24) is 15.2 Å². The summed E-state index contributed by atoms with van der Waals surface area (Å²) >= 11 is 0. The van der Waals surface area contributed by atoms with E-state index in [0.717, 1.165) is 49.2 Å². The smallest absolute Gasteiger partial charge is 0.410 e. The van der Waals surface area contributed by atoms with Crippen LogP contribution >= 0.6 is 0 Å². The predicted molar refractivity (Wildman–Crippen MR) is 164 cm³/mol. The van der Waals surface area contributed by atoms with Gasteiger partial charge in [-0.25, -0.2) is 4.79 Å². The second kappa shape index (κ2) is 12.0. The maximum absolute atomic E-state index is 12.4. The minimum absolute atomic E-state index is 0.213. The van der Waals surface area contributed by atoms with Gasteiger partial charge in [0.2, 0.25) is 0 Å². The van der Waals surface area contributed by atoms with Crippen LogP contribution in [0.2, 0.25) is 0 Å². The number of hydrogen-bond donors (Lipinski definition) is 1. The average molecular weight is 555 g/mol. The van der Waals surface area contributed by atoms with Crippen molar-refractivity contribution in [1.29, 1.82) is 5.26 Å². The number of rotatable bonds is 5. The van der Waals surface area contributed by atoms with Crippen molar-refractivity contribution in [3.05, 3.63) is 65.9 Å². The maximum Gasteiger partial charge on any atom is 0.410 e. The Balaban J connectivity index is 1.20. The molecule has 8 nitrogen and oxygen atoms in total. The number of carbonyl (C=O) groups excluding carboxylic acids is 1. The first kappa shape index (κ1) is 28.7. The van der Waals surface area contributed by atoms with Crippen molar-refractivity contribution in [2.75, 3.05) is 49.1 Å². The zero-order valence-corrected chi connectivity index (χ0v) is 24.9. The van der Waals surface area contributed by atoms with E-state index >= 15 is 0 Å². The number of piperidine rings is 1. The van der Waals surface area contributed by atoms with E-state index in [2.05, 4.69) is 76.4 Å². The molecule has 0 saturated carbocycles. The molecule has 0 aliphatic carbocycles. The maximum atomic E-state index is 12.4. The molecule has 1 aromatic heterocycles. The van der Waals surface area contributed by atoms with Crippen molar-refractivity contribution in [2.45, 2.75) is 58.7 Å². The molecule has 2 fully saturated rings. The molecule has 3 aromatic rings. The van der Waals surface area contributed by atoms with Crippen LogP contribution in [0.1, 0.15) is 58.2 Å². The largest absolute Gasteiger partial charge is 0.444 e. The highest BCUT2D eigenvalue weighted by molar-refractivity contribution is 5.95. The molecule has 3 atom stereocenters.